The number of carbonyl (C=O) groups excluding carboxylic acids is 1. The van der Waals surface area contributed by atoms with E-state index in [4.69, 9.17) is 11.6 Å². The Bertz CT molecular complexity index is 511. The summed E-state index contributed by atoms with van der Waals surface area (Å²) in [4.78, 5) is 14.7. The molecule has 0 aliphatic heterocycles. The Kier molecular flexibility index (Phi) is 3.32. The Labute approximate surface area is 98.9 Å². The van der Waals surface area contributed by atoms with Gasteiger partial charge in [0.05, 0.1) is 0 Å². The summed E-state index contributed by atoms with van der Waals surface area (Å²) in [5.74, 6) is 0. The van der Waals surface area contributed by atoms with Crippen molar-refractivity contribution in [3.05, 3.63) is 64.4 Å². The number of hydrogen-bond acceptors (Lipinski definition) is 2. The molecule has 0 N–H and O–H groups in total. The van der Waals surface area contributed by atoms with Gasteiger partial charge in [-0.2, -0.15) is 0 Å². The van der Waals surface area contributed by atoms with E-state index in [1.54, 1.807) is 12.4 Å². The molecule has 2 rings (SSSR count). The molecule has 0 bridgehead atoms. The highest BCUT2D eigenvalue weighted by Gasteiger charge is 2.04. The van der Waals surface area contributed by atoms with Gasteiger partial charge >= 0.3 is 0 Å². The molecule has 0 unspecified atom stereocenters. The van der Waals surface area contributed by atoms with Gasteiger partial charge in [0, 0.05) is 23.0 Å². The molecule has 0 saturated heterocycles. The maximum Gasteiger partial charge on any atom is 0.151 e. The molecule has 0 aliphatic carbocycles. The van der Waals surface area contributed by atoms with Crippen molar-refractivity contribution < 1.29 is 4.79 Å². The van der Waals surface area contributed by atoms with E-state index in [-0.39, 0.29) is 0 Å². The van der Waals surface area contributed by atoms with Crippen LogP contribution in [-0.4, -0.2) is 11.3 Å². The quantitative estimate of drug-likeness (QED) is 0.760. The molecule has 16 heavy (non-hydrogen) atoms. The Morgan fingerprint density at radius 1 is 1.19 bits per heavy atom. The van der Waals surface area contributed by atoms with Gasteiger partial charge in [-0.15, -0.1) is 0 Å². The van der Waals surface area contributed by atoms with Gasteiger partial charge in [0.25, 0.3) is 0 Å². The van der Waals surface area contributed by atoms with E-state index in [1.165, 1.54) is 0 Å². The third kappa shape index (κ3) is 2.28. The van der Waals surface area contributed by atoms with Crippen LogP contribution in [0.4, 0.5) is 0 Å². The van der Waals surface area contributed by atoms with E-state index in [0.717, 1.165) is 22.4 Å². The predicted molar refractivity (Wildman–Crippen MR) is 63.9 cm³/mol. The number of hydrogen-bond donors (Lipinski definition) is 0. The third-order valence-corrected chi connectivity index (χ3v) is 2.78. The number of halogens is 1. The van der Waals surface area contributed by atoms with Crippen molar-refractivity contribution in [1.82, 2.24) is 4.98 Å². The number of pyridine rings is 1. The van der Waals surface area contributed by atoms with Crippen LogP contribution >= 0.6 is 11.6 Å². The minimum atomic E-state index is 0.613. The average Bonchev–Trinajstić information content (AvgIpc) is 2.33. The second-order valence-corrected chi connectivity index (χ2v) is 3.87. The lowest BCUT2D eigenvalue weighted by molar-refractivity contribution is 0.112. The van der Waals surface area contributed by atoms with Gasteiger partial charge < -0.3 is 0 Å². The van der Waals surface area contributed by atoms with Crippen LogP contribution < -0.4 is 0 Å². The van der Waals surface area contributed by atoms with E-state index >= 15 is 0 Å². The average molecular weight is 232 g/mol. The highest BCUT2D eigenvalue weighted by Crippen LogP contribution is 2.19. The first-order valence-corrected chi connectivity index (χ1v) is 5.30. The summed E-state index contributed by atoms with van der Waals surface area (Å²) < 4.78 is 0. The molecule has 2 nitrogen and oxygen atoms in total. The predicted octanol–water partition coefficient (Wildman–Crippen LogP) is 3.14. The molecule has 0 amide bonds. The lowest BCUT2D eigenvalue weighted by Crippen LogP contribution is -1.95. The fraction of sp³-hybridized carbons (Fsp3) is 0.0769. The number of rotatable bonds is 3. The fourth-order valence-electron chi connectivity index (χ4n) is 1.55. The number of carbonyl (C=O) groups is 1. The van der Waals surface area contributed by atoms with Crippen LogP contribution in [0.25, 0.3) is 0 Å². The SMILES string of the molecule is O=Cc1cnccc1Cc1ccccc1Cl. The minimum absolute atomic E-state index is 0.613. The molecule has 80 valence electrons. The molecule has 1 aromatic carbocycles. The monoisotopic (exact) mass is 231 g/mol. The zero-order valence-electron chi connectivity index (χ0n) is 8.56. The summed E-state index contributed by atoms with van der Waals surface area (Å²) in [5, 5.41) is 0.719. The maximum atomic E-state index is 10.8. The smallest absolute Gasteiger partial charge is 0.151 e. The van der Waals surface area contributed by atoms with Crippen molar-refractivity contribution in [3.8, 4) is 0 Å². The van der Waals surface area contributed by atoms with Crippen molar-refractivity contribution in [1.29, 1.82) is 0 Å². The molecular formula is C13H10ClNO. The van der Waals surface area contributed by atoms with E-state index in [2.05, 4.69) is 4.98 Å². The van der Waals surface area contributed by atoms with Crippen LogP contribution in [0.15, 0.2) is 42.7 Å². The van der Waals surface area contributed by atoms with Crippen molar-refractivity contribution in [3.63, 3.8) is 0 Å². The van der Waals surface area contributed by atoms with Crippen LogP contribution in [0.3, 0.4) is 0 Å². The standard InChI is InChI=1S/C13H10ClNO/c14-13-4-2-1-3-11(13)7-10-5-6-15-8-12(10)9-16/h1-6,8-9H,7H2. The third-order valence-electron chi connectivity index (χ3n) is 2.41. The van der Waals surface area contributed by atoms with Crippen molar-refractivity contribution in [2.75, 3.05) is 0 Å². The van der Waals surface area contributed by atoms with Crippen LogP contribution in [0.5, 0.6) is 0 Å². The molecule has 2 aromatic rings. The fourth-order valence-corrected chi connectivity index (χ4v) is 1.75. The van der Waals surface area contributed by atoms with Crippen LogP contribution in [0, 0.1) is 0 Å². The van der Waals surface area contributed by atoms with Gasteiger partial charge in [0.15, 0.2) is 6.29 Å². The number of aromatic nitrogens is 1. The largest absolute Gasteiger partial charge is 0.298 e. The van der Waals surface area contributed by atoms with E-state index < -0.39 is 0 Å². The summed E-state index contributed by atoms with van der Waals surface area (Å²) in [6, 6.07) is 9.46. The first-order valence-electron chi connectivity index (χ1n) is 4.92. The van der Waals surface area contributed by atoms with Crippen molar-refractivity contribution in [2.24, 2.45) is 0 Å². The summed E-state index contributed by atoms with van der Waals surface area (Å²) in [5.41, 5.74) is 2.57. The highest BCUT2D eigenvalue weighted by atomic mass is 35.5. The molecule has 0 radical (unpaired) electrons. The second-order valence-electron chi connectivity index (χ2n) is 3.46. The first kappa shape index (κ1) is 10.8. The zero-order chi connectivity index (χ0) is 11.4. The van der Waals surface area contributed by atoms with Crippen LogP contribution in [-0.2, 0) is 6.42 Å². The Balaban J connectivity index is 2.34. The molecule has 0 atom stereocenters. The zero-order valence-corrected chi connectivity index (χ0v) is 9.32. The van der Waals surface area contributed by atoms with Gasteiger partial charge in [-0.05, 0) is 29.7 Å². The number of aldehydes is 1. The topological polar surface area (TPSA) is 30.0 Å². The summed E-state index contributed by atoms with van der Waals surface area (Å²) >= 11 is 6.07. The molecule has 0 saturated carbocycles. The van der Waals surface area contributed by atoms with Gasteiger partial charge in [-0.3, -0.25) is 9.78 Å². The minimum Gasteiger partial charge on any atom is -0.298 e. The lowest BCUT2D eigenvalue weighted by Gasteiger charge is -2.05. The molecule has 3 heteroatoms. The van der Waals surface area contributed by atoms with Crippen LogP contribution in [0.2, 0.25) is 5.02 Å². The molecule has 0 aliphatic rings. The summed E-state index contributed by atoms with van der Waals surface area (Å²) in [7, 11) is 0. The van der Waals surface area contributed by atoms with E-state index in [0.29, 0.717) is 12.0 Å². The van der Waals surface area contributed by atoms with Gasteiger partial charge in [-0.1, -0.05) is 29.8 Å². The van der Waals surface area contributed by atoms with Gasteiger partial charge in [0.1, 0.15) is 0 Å². The van der Waals surface area contributed by atoms with Crippen LogP contribution in [0.1, 0.15) is 21.5 Å². The molecule has 0 fully saturated rings. The molecular weight excluding hydrogens is 222 g/mol. The van der Waals surface area contributed by atoms with Crippen molar-refractivity contribution >= 4 is 17.9 Å². The second kappa shape index (κ2) is 4.90. The Morgan fingerprint density at radius 2 is 2.00 bits per heavy atom. The summed E-state index contributed by atoms with van der Waals surface area (Å²) in [6.07, 6.45) is 4.72. The Morgan fingerprint density at radius 3 is 2.75 bits per heavy atom. The summed E-state index contributed by atoms with van der Waals surface area (Å²) in [6.45, 7) is 0. The van der Waals surface area contributed by atoms with Crippen molar-refractivity contribution in [2.45, 2.75) is 6.42 Å². The highest BCUT2D eigenvalue weighted by molar-refractivity contribution is 6.31. The Hall–Kier alpha value is -1.67. The van der Waals surface area contributed by atoms with E-state index in [9.17, 15) is 4.79 Å². The van der Waals surface area contributed by atoms with Gasteiger partial charge in [0.2, 0.25) is 0 Å². The molecule has 1 heterocycles. The maximum absolute atomic E-state index is 10.8. The molecule has 0 spiro atoms. The normalized spacial score (nSPS) is 10.1. The number of benzene rings is 1. The first-order chi connectivity index (χ1) is 7.81. The van der Waals surface area contributed by atoms with E-state index in [1.807, 2.05) is 30.3 Å². The molecule has 1 aromatic heterocycles. The van der Waals surface area contributed by atoms with Gasteiger partial charge in [-0.25, -0.2) is 0 Å². The lowest BCUT2D eigenvalue weighted by atomic mass is 10.0. The number of nitrogens with zero attached hydrogens (tertiary/aromatic N) is 1.